The predicted molar refractivity (Wildman–Crippen MR) is 85.5 cm³/mol. The van der Waals surface area contributed by atoms with Gasteiger partial charge in [0.1, 0.15) is 0 Å². The quantitative estimate of drug-likeness (QED) is 0.699. The summed E-state index contributed by atoms with van der Waals surface area (Å²) in [7, 11) is 0. The first kappa shape index (κ1) is 17.4. The molecule has 1 nitrogen and oxygen atoms in total. The van der Waals surface area contributed by atoms with Gasteiger partial charge in [-0.25, -0.2) is 0 Å². The molecule has 19 heavy (non-hydrogen) atoms. The second-order valence-electron chi connectivity index (χ2n) is 4.19. The minimum atomic E-state index is 0.918. The molecule has 0 N–H and O–H groups in total. The molecule has 0 amide bonds. The Morgan fingerprint density at radius 1 is 0.895 bits per heavy atom. The van der Waals surface area contributed by atoms with Crippen molar-refractivity contribution in [3.63, 3.8) is 0 Å². The van der Waals surface area contributed by atoms with E-state index in [4.69, 9.17) is 0 Å². The maximum Gasteiger partial charge on any atom is 0.0447 e. The molecule has 0 aliphatic rings. The molecular weight excluding hydrogens is 230 g/mol. The SMILES string of the molecule is CC.CCC.Cc1ccc(Cc2ccccn2)cc1. The fourth-order valence-electron chi connectivity index (χ4n) is 1.42. The molecular formula is C18H27N. The molecule has 0 aliphatic carbocycles. The van der Waals surface area contributed by atoms with Crippen LogP contribution < -0.4 is 0 Å². The largest absolute Gasteiger partial charge is 0.261 e. The van der Waals surface area contributed by atoms with Gasteiger partial charge in [-0.05, 0) is 24.6 Å². The summed E-state index contributed by atoms with van der Waals surface area (Å²) in [6.07, 6.45) is 4.00. The van der Waals surface area contributed by atoms with Gasteiger partial charge in [-0.2, -0.15) is 0 Å². The zero-order valence-corrected chi connectivity index (χ0v) is 13.0. The van der Waals surface area contributed by atoms with E-state index in [1.54, 1.807) is 0 Å². The topological polar surface area (TPSA) is 12.9 Å². The fourth-order valence-corrected chi connectivity index (χ4v) is 1.42. The van der Waals surface area contributed by atoms with E-state index in [9.17, 15) is 0 Å². The Hall–Kier alpha value is -1.63. The minimum absolute atomic E-state index is 0.918. The van der Waals surface area contributed by atoms with Gasteiger partial charge in [0.05, 0.1) is 0 Å². The average molecular weight is 257 g/mol. The van der Waals surface area contributed by atoms with Crippen LogP contribution in [0.25, 0.3) is 0 Å². The average Bonchev–Trinajstić information content (AvgIpc) is 2.46. The summed E-state index contributed by atoms with van der Waals surface area (Å²) >= 11 is 0. The summed E-state index contributed by atoms with van der Waals surface area (Å²) in [4.78, 5) is 4.30. The van der Waals surface area contributed by atoms with Gasteiger partial charge in [0, 0.05) is 18.3 Å². The molecule has 0 unspecified atom stereocenters. The first-order valence-electron chi connectivity index (χ1n) is 7.21. The van der Waals surface area contributed by atoms with Crippen LogP contribution in [0.5, 0.6) is 0 Å². The summed E-state index contributed by atoms with van der Waals surface area (Å²) in [6.45, 7) is 10.4. The van der Waals surface area contributed by atoms with Crippen molar-refractivity contribution in [2.24, 2.45) is 0 Å². The molecule has 0 radical (unpaired) electrons. The Labute approximate surface area is 118 Å². The molecule has 1 heteroatoms. The van der Waals surface area contributed by atoms with Crippen molar-refractivity contribution in [2.45, 2.75) is 47.5 Å². The highest BCUT2D eigenvalue weighted by Crippen LogP contribution is 2.08. The lowest BCUT2D eigenvalue weighted by Crippen LogP contribution is -1.90. The van der Waals surface area contributed by atoms with Crippen LogP contribution in [0.1, 0.15) is 50.9 Å². The summed E-state index contributed by atoms with van der Waals surface area (Å²) < 4.78 is 0. The van der Waals surface area contributed by atoms with Crippen LogP contribution in [0.4, 0.5) is 0 Å². The van der Waals surface area contributed by atoms with Gasteiger partial charge in [0.25, 0.3) is 0 Å². The molecule has 1 aromatic carbocycles. The molecule has 1 heterocycles. The highest BCUT2D eigenvalue weighted by atomic mass is 14.7. The van der Waals surface area contributed by atoms with Crippen molar-refractivity contribution in [3.8, 4) is 0 Å². The molecule has 0 saturated heterocycles. The van der Waals surface area contributed by atoms with Gasteiger partial charge in [-0.3, -0.25) is 4.98 Å². The molecule has 0 atom stereocenters. The van der Waals surface area contributed by atoms with E-state index in [0.29, 0.717) is 0 Å². The number of aryl methyl sites for hydroxylation is 1. The summed E-state index contributed by atoms with van der Waals surface area (Å²) in [5.74, 6) is 0. The Morgan fingerprint density at radius 3 is 1.95 bits per heavy atom. The Kier molecular flexibility index (Phi) is 10.5. The molecule has 0 saturated carbocycles. The molecule has 2 rings (SSSR count). The van der Waals surface area contributed by atoms with E-state index >= 15 is 0 Å². The number of hydrogen-bond acceptors (Lipinski definition) is 1. The van der Waals surface area contributed by atoms with Gasteiger partial charge in [-0.15, -0.1) is 0 Å². The van der Waals surface area contributed by atoms with Crippen LogP contribution in [0, 0.1) is 6.92 Å². The second-order valence-corrected chi connectivity index (χ2v) is 4.19. The van der Waals surface area contributed by atoms with E-state index in [2.05, 4.69) is 56.1 Å². The van der Waals surface area contributed by atoms with Crippen LogP contribution in [-0.4, -0.2) is 4.98 Å². The van der Waals surface area contributed by atoms with Gasteiger partial charge in [0.2, 0.25) is 0 Å². The summed E-state index contributed by atoms with van der Waals surface area (Å²) in [5.41, 5.74) is 3.74. The standard InChI is InChI=1S/C13H13N.C3H8.C2H6/c1-11-5-7-12(8-6-11)10-13-4-2-3-9-14-13;1-3-2;1-2/h2-9H,10H2,1H3;3H2,1-2H3;1-2H3. The van der Waals surface area contributed by atoms with Crippen LogP contribution >= 0.6 is 0 Å². The normalized spacial score (nSPS) is 8.68. The molecule has 0 spiro atoms. The van der Waals surface area contributed by atoms with Crippen LogP contribution in [0.15, 0.2) is 48.7 Å². The Bertz CT molecular complexity index is 403. The lowest BCUT2D eigenvalue weighted by molar-refractivity contribution is 1.07. The first-order valence-corrected chi connectivity index (χ1v) is 7.21. The van der Waals surface area contributed by atoms with Crippen molar-refractivity contribution >= 4 is 0 Å². The third kappa shape index (κ3) is 8.15. The van der Waals surface area contributed by atoms with Gasteiger partial charge in [0.15, 0.2) is 0 Å². The maximum absolute atomic E-state index is 4.30. The van der Waals surface area contributed by atoms with Crippen LogP contribution in [0.3, 0.4) is 0 Å². The maximum atomic E-state index is 4.30. The van der Waals surface area contributed by atoms with Gasteiger partial charge < -0.3 is 0 Å². The lowest BCUT2D eigenvalue weighted by atomic mass is 10.1. The summed E-state index contributed by atoms with van der Waals surface area (Å²) in [5, 5.41) is 0. The number of pyridine rings is 1. The Morgan fingerprint density at radius 2 is 1.47 bits per heavy atom. The smallest absolute Gasteiger partial charge is 0.0447 e. The van der Waals surface area contributed by atoms with Crippen molar-refractivity contribution in [3.05, 3.63) is 65.5 Å². The van der Waals surface area contributed by atoms with Crippen LogP contribution in [-0.2, 0) is 6.42 Å². The molecule has 2 aromatic rings. The first-order chi connectivity index (χ1) is 9.26. The third-order valence-electron chi connectivity index (χ3n) is 2.23. The Balaban J connectivity index is 0.000000573. The summed E-state index contributed by atoms with van der Waals surface area (Å²) in [6, 6.07) is 14.6. The predicted octanol–water partition coefficient (Wildman–Crippen LogP) is 5.42. The monoisotopic (exact) mass is 257 g/mol. The highest BCUT2D eigenvalue weighted by molar-refractivity contribution is 5.25. The minimum Gasteiger partial charge on any atom is -0.261 e. The van der Waals surface area contributed by atoms with Gasteiger partial charge in [-0.1, -0.05) is 70.0 Å². The zero-order chi connectivity index (χ0) is 14.5. The lowest BCUT2D eigenvalue weighted by Gasteiger charge is -2.00. The van der Waals surface area contributed by atoms with Crippen molar-refractivity contribution < 1.29 is 0 Å². The van der Waals surface area contributed by atoms with Crippen molar-refractivity contribution in [2.75, 3.05) is 0 Å². The number of hydrogen-bond donors (Lipinski definition) is 0. The van der Waals surface area contributed by atoms with Crippen molar-refractivity contribution in [1.29, 1.82) is 0 Å². The second kappa shape index (κ2) is 11.5. The third-order valence-corrected chi connectivity index (χ3v) is 2.23. The molecule has 0 fully saturated rings. The van der Waals surface area contributed by atoms with E-state index in [1.807, 2.05) is 32.2 Å². The van der Waals surface area contributed by atoms with Gasteiger partial charge >= 0.3 is 0 Å². The van der Waals surface area contributed by atoms with E-state index < -0.39 is 0 Å². The fraction of sp³-hybridized carbons (Fsp3) is 0.389. The molecule has 0 aliphatic heterocycles. The van der Waals surface area contributed by atoms with E-state index in [-0.39, 0.29) is 0 Å². The number of benzene rings is 1. The van der Waals surface area contributed by atoms with Crippen LogP contribution in [0.2, 0.25) is 0 Å². The number of aromatic nitrogens is 1. The zero-order valence-electron chi connectivity index (χ0n) is 13.0. The molecule has 1 aromatic heterocycles. The van der Waals surface area contributed by atoms with Crippen molar-refractivity contribution in [1.82, 2.24) is 4.98 Å². The number of rotatable bonds is 2. The van der Waals surface area contributed by atoms with E-state index in [0.717, 1.165) is 12.1 Å². The van der Waals surface area contributed by atoms with E-state index in [1.165, 1.54) is 17.5 Å². The molecule has 0 bridgehead atoms. The number of nitrogens with zero attached hydrogens (tertiary/aromatic N) is 1. The molecule has 104 valence electrons. The highest BCUT2D eigenvalue weighted by Gasteiger charge is 1.95.